The van der Waals surface area contributed by atoms with Gasteiger partial charge in [-0.15, -0.1) is 0 Å². The molecule has 0 radical (unpaired) electrons. The fourth-order valence-corrected chi connectivity index (χ4v) is 7.96. The molecule has 2 unspecified atom stereocenters. The van der Waals surface area contributed by atoms with E-state index in [0.717, 1.165) is 0 Å². The largest absolute Gasteiger partial charge is 0.0801 e. The number of rotatable bonds is 3. The van der Waals surface area contributed by atoms with Gasteiger partial charge in [0.2, 0.25) is 0 Å². The summed E-state index contributed by atoms with van der Waals surface area (Å²) in [5.41, 5.74) is 11.0. The maximum Gasteiger partial charge on any atom is 0.0290 e. The Labute approximate surface area is 246 Å². The van der Waals surface area contributed by atoms with Gasteiger partial charge >= 0.3 is 0 Å². The van der Waals surface area contributed by atoms with E-state index in [0.29, 0.717) is 5.92 Å². The highest BCUT2D eigenvalue weighted by atomic mass is 14.6. The van der Waals surface area contributed by atoms with E-state index in [4.69, 9.17) is 0 Å². The Bertz CT molecular complexity index is 2270. The molecule has 0 saturated heterocycles. The fraction of sp³-hybridized carbons (Fsp3) is 0.0952. The standard InChI is InChI=1S/C42H30/c1-27-20-25-38(35-15-5-4-13-32(27)35)41-37-17-7-6-16-36(37)40(39-19-9-12-31-26-42(31,39)41)30-23-21-29(22-24-30)34-18-8-11-28-10-2-3-14-33(28)34/h2-25,31H,26H2,1H3. The lowest BCUT2D eigenvalue weighted by atomic mass is 9.69. The van der Waals surface area contributed by atoms with E-state index >= 15 is 0 Å². The van der Waals surface area contributed by atoms with Gasteiger partial charge in [0.15, 0.2) is 0 Å². The van der Waals surface area contributed by atoms with Gasteiger partial charge in [-0.2, -0.15) is 0 Å². The van der Waals surface area contributed by atoms with Crippen molar-refractivity contribution >= 4 is 32.7 Å². The molecule has 0 aromatic heterocycles. The second-order valence-corrected chi connectivity index (χ2v) is 12.1. The van der Waals surface area contributed by atoms with Crippen LogP contribution < -0.4 is 10.4 Å². The molecule has 0 aliphatic heterocycles. The predicted molar refractivity (Wildman–Crippen MR) is 177 cm³/mol. The van der Waals surface area contributed by atoms with Crippen molar-refractivity contribution in [3.8, 4) is 11.1 Å². The van der Waals surface area contributed by atoms with E-state index in [1.54, 1.807) is 0 Å². The monoisotopic (exact) mass is 534 g/mol. The van der Waals surface area contributed by atoms with Crippen LogP contribution in [0.1, 0.15) is 23.1 Å². The molecule has 1 saturated carbocycles. The highest BCUT2D eigenvalue weighted by Crippen LogP contribution is 2.69. The third-order valence-electron chi connectivity index (χ3n) is 9.97. The van der Waals surface area contributed by atoms with Gasteiger partial charge in [0, 0.05) is 5.41 Å². The molecular weight excluding hydrogens is 504 g/mol. The summed E-state index contributed by atoms with van der Waals surface area (Å²) in [5, 5.41) is 8.01. The number of allylic oxidation sites excluding steroid dienone is 4. The second kappa shape index (κ2) is 8.78. The van der Waals surface area contributed by atoms with Crippen LogP contribution in [-0.2, 0) is 0 Å². The minimum Gasteiger partial charge on any atom is -0.0801 e. The van der Waals surface area contributed by atoms with E-state index < -0.39 is 0 Å². The van der Waals surface area contributed by atoms with Crippen molar-refractivity contribution < 1.29 is 0 Å². The molecular formula is C42H30. The molecule has 0 heteroatoms. The average molecular weight is 535 g/mol. The summed E-state index contributed by atoms with van der Waals surface area (Å²) in [6.45, 7) is 2.23. The summed E-state index contributed by atoms with van der Waals surface area (Å²) < 4.78 is 0. The molecule has 42 heavy (non-hydrogen) atoms. The van der Waals surface area contributed by atoms with Crippen LogP contribution in [0.3, 0.4) is 0 Å². The quantitative estimate of drug-likeness (QED) is 0.213. The molecule has 3 aliphatic carbocycles. The summed E-state index contributed by atoms with van der Waals surface area (Å²) in [6.07, 6.45) is 8.31. The molecule has 9 rings (SSSR count). The number of hydrogen-bond donors (Lipinski definition) is 0. The average Bonchev–Trinajstić information content (AvgIpc) is 3.79. The van der Waals surface area contributed by atoms with Crippen molar-refractivity contribution in [3.05, 3.63) is 178 Å². The summed E-state index contributed by atoms with van der Waals surface area (Å²) in [6, 6.07) is 47.4. The van der Waals surface area contributed by atoms with Crippen molar-refractivity contribution in [1.82, 2.24) is 0 Å². The summed E-state index contributed by atoms with van der Waals surface area (Å²) in [4.78, 5) is 0. The van der Waals surface area contributed by atoms with Crippen molar-refractivity contribution in [2.24, 2.45) is 11.3 Å². The minimum absolute atomic E-state index is 0.0186. The number of benzene rings is 6. The van der Waals surface area contributed by atoms with E-state index in [1.807, 2.05) is 0 Å². The maximum atomic E-state index is 2.44. The Balaban J connectivity index is 1.32. The molecule has 0 amide bonds. The molecule has 0 nitrogen and oxygen atoms in total. The lowest BCUT2D eigenvalue weighted by Gasteiger charge is -2.33. The normalized spacial score (nSPS) is 20.2. The van der Waals surface area contributed by atoms with Crippen LogP contribution in [0.4, 0.5) is 0 Å². The number of aryl methyl sites for hydroxylation is 1. The molecule has 6 aromatic carbocycles. The molecule has 1 spiro atoms. The lowest BCUT2D eigenvalue weighted by Crippen LogP contribution is -2.39. The third kappa shape index (κ3) is 3.24. The predicted octanol–water partition coefficient (Wildman–Crippen LogP) is 8.88. The van der Waals surface area contributed by atoms with Crippen LogP contribution in [-0.4, -0.2) is 0 Å². The SMILES string of the molecule is Cc1ccc(C2=c3ccccc3=C(c3ccc(-c4cccc5ccccc45)cc3)C3=CC=CC4CC324)c2ccccc12. The number of fused-ring (bicyclic) bond motifs is 3. The van der Waals surface area contributed by atoms with Gasteiger partial charge in [-0.05, 0) is 95.8 Å². The van der Waals surface area contributed by atoms with E-state index in [-0.39, 0.29) is 5.41 Å². The van der Waals surface area contributed by atoms with E-state index in [1.165, 1.54) is 82.9 Å². The third-order valence-corrected chi connectivity index (χ3v) is 9.97. The van der Waals surface area contributed by atoms with Crippen LogP contribution in [0.15, 0.2) is 151 Å². The molecule has 1 fully saturated rings. The first-order valence-electron chi connectivity index (χ1n) is 15.0. The van der Waals surface area contributed by atoms with Crippen LogP contribution in [0, 0.1) is 18.3 Å². The van der Waals surface area contributed by atoms with Crippen molar-refractivity contribution in [3.63, 3.8) is 0 Å². The van der Waals surface area contributed by atoms with E-state index in [2.05, 4.69) is 153 Å². The lowest BCUT2D eigenvalue weighted by molar-refractivity contribution is 0.760. The molecule has 0 N–H and O–H groups in total. The Morgan fingerprint density at radius 3 is 2.12 bits per heavy atom. The zero-order valence-corrected chi connectivity index (χ0v) is 23.6. The molecule has 0 heterocycles. The topological polar surface area (TPSA) is 0 Å². The molecule has 6 aromatic rings. The summed E-state index contributed by atoms with van der Waals surface area (Å²) in [5.74, 6) is 0.533. The van der Waals surface area contributed by atoms with Crippen LogP contribution in [0.5, 0.6) is 0 Å². The first-order chi connectivity index (χ1) is 20.7. The Hall–Kier alpha value is -4.94. The second-order valence-electron chi connectivity index (χ2n) is 12.1. The maximum absolute atomic E-state index is 2.44. The Morgan fingerprint density at radius 2 is 1.26 bits per heavy atom. The highest BCUT2D eigenvalue weighted by Gasteiger charge is 2.60. The van der Waals surface area contributed by atoms with Crippen molar-refractivity contribution in [1.29, 1.82) is 0 Å². The Morgan fingerprint density at radius 1 is 0.571 bits per heavy atom. The van der Waals surface area contributed by atoms with Crippen LogP contribution in [0.25, 0.3) is 43.8 Å². The first-order valence-corrected chi connectivity index (χ1v) is 15.0. The molecule has 3 aliphatic rings. The zero-order valence-electron chi connectivity index (χ0n) is 23.6. The molecule has 198 valence electrons. The molecule has 0 bridgehead atoms. The minimum atomic E-state index is 0.0186. The van der Waals surface area contributed by atoms with E-state index in [9.17, 15) is 0 Å². The summed E-state index contributed by atoms with van der Waals surface area (Å²) in [7, 11) is 0. The van der Waals surface area contributed by atoms with Gasteiger partial charge in [-0.3, -0.25) is 0 Å². The van der Waals surface area contributed by atoms with Crippen LogP contribution >= 0.6 is 0 Å². The van der Waals surface area contributed by atoms with Gasteiger partial charge < -0.3 is 0 Å². The zero-order chi connectivity index (χ0) is 27.8. The summed E-state index contributed by atoms with van der Waals surface area (Å²) >= 11 is 0. The fourth-order valence-electron chi connectivity index (χ4n) is 7.96. The highest BCUT2D eigenvalue weighted by molar-refractivity contribution is 6.02. The smallest absolute Gasteiger partial charge is 0.0290 e. The molecule has 2 atom stereocenters. The van der Waals surface area contributed by atoms with Gasteiger partial charge in [0.25, 0.3) is 0 Å². The van der Waals surface area contributed by atoms with Gasteiger partial charge in [-0.1, -0.05) is 146 Å². The van der Waals surface area contributed by atoms with Gasteiger partial charge in [0.05, 0.1) is 0 Å². The van der Waals surface area contributed by atoms with Gasteiger partial charge in [0.1, 0.15) is 0 Å². The number of hydrogen-bond acceptors (Lipinski definition) is 0. The van der Waals surface area contributed by atoms with Gasteiger partial charge in [-0.25, -0.2) is 0 Å². The Kier molecular flexibility index (Phi) is 4.96. The first kappa shape index (κ1) is 23.7. The van der Waals surface area contributed by atoms with Crippen molar-refractivity contribution in [2.75, 3.05) is 0 Å². The van der Waals surface area contributed by atoms with Crippen molar-refractivity contribution in [2.45, 2.75) is 13.3 Å². The van der Waals surface area contributed by atoms with Crippen LogP contribution in [0.2, 0.25) is 0 Å².